The second-order valence-electron chi connectivity index (χ2n) is 4.99. The zero-order chi connectivity index (χ0) is 14.7. The van der Waals surface area contributed by atoms with Crippen molar-refractivity contribution in [2.24, 2.45) is 0 Å². The average molecular weight is 360 g/mol. The summed E-state index contributed by atoms with van der Waals surface area (Å²) in [5.41, 5.74) is 0. The highest BCUT2D eigenvalue weighted by molar-refractivity contribution is 9.11. The number of carbonyl (C=O) groups excluding carboxylic acids is 2. The van der Waals surface area contributed by atoms with E-state index in [1.54, 1.807) is 9.80 Å². The summed E-state index contributed by atoms with van der Waals surface area (Å²) < 4.78 is 0.954. The molecule has 1 fully saturated rings. The van der Waals surface area contributed by atoms with Crippen molar-refractivity contribution in [3.05, 3.63) is 20.8 Å². The fourth-order valence-electron chi connectivity index (χ4n) is 2.04. The van der Waals surface area contributed by atoms with Crippen LogP contribution in [-0.4, -0.2) is 54.0 Å². The maximum Gasteiger partial charge on any atom is 0.317 e. The zero-order valence-electron chi connectivity index (χ0n) is 11.6. The lowest BCUT2D eigenvalue weighted by molar-refractivity contribution is 0.0668. The molecule has 7 heteroatoms. The van der Waals surface area contributed by atoms with Crippen molar-refractivity contribution in [2.45, 2.75) is 19.9 Å². The molecule has 20 heavy (non-hydrogen) atoms. The van der Waals surface area contributed by atoms with Gasteiger partial charge in [-0.15, -0.1) is 11.3 Å². The highest BCUT2D eigenvalue weighted by Gasteiger charge is 2.25. The molecule has 2 heterocycles. The van der Waals surface area contributed by atoms with Gasteiger partial charge in [0.05, 0.1) is 8.66 Å². The number of hydrogen-bond donors (Lipinski definition) is 1. The summed E-state index contributed by atoms with van der Waals surface area (Å²) in [6, 6.07) is 3.79. The Labute approximate surface area is 131 Å². The van der Waals surface area contributed by atoms with E-state index >= 15 is 0 Å². The van der Waals surface area contributed by atoms with Gasteiger partial charge < -0.3 is 15.1 Å². The number of nitrogens with one attached hydrogen (secondary N) is 1. The van der Waals surface area contributed by atoms with Gasteiger partial charge in [-0.1, -0.05) is 0 Å². The lowest BCUT2D eigenvalue weighted by atomic mass is 10.3. The lowest BCUT2D eigenvalue weighted by Crippen LogP contribution is -2.53. The highest BCUT2D eigenvalue weighted by Crippen LogP contribution is 2.23. The summed E-state index contributed by atoms with van der Waals surface area (Å²) in [6.07, 6.45) is 0. The summed E-state index contributed by atoms with van der Waals surface area (Å²) in [6.45, 7) is 6.20. The fourth-order valence-corrected chi connectivity index (χ4v) is 3.39. The van der Waals surface area contributed by atoms with Gasteiger partial charge in [-0.05, 0) is 41.9 Å². The van der Waals surface area contributed by atoms with Crippen molar-refractivity contribution in [3.63, 3.8) is 0 Å². The smallest absolute Gasteiger partial charge is 0.317 e. The van der Waals surface area contributed by atoms with Crippen LogP contribution in [-0.2, 0) is 0 Å². The number of hydrogen-bond acceptors (Lipinski definition) is 3. The predicted molar refractivity (Wildman–Crippen MR) is 83.2 cm³/mol. The summed E-state index contributed by atoms with van der Waals surface area (Å²) >= 11 is 4.80. The highest BCUT2D eigenvalue weighted by atomic mass is 79.9. The molecule has 0 atom stereocenters. The largest absolute Gasteiger partial charge is 0.336 e. The molecule has 0 radical (unpaired) electrons. The maximum absolute atomic E-state index is 12.3. The van der Waals surface area contributed by atoms with E-state index < -0.39 is 0 Å². The third kappa shape index (κ3) is 3.73. The van der Waals surface area contributed by atoms with Crippen LogP contribution in [0.2, 0.25) is 0 Å². The summed E-state index contributed by atoms with van der Waals surface area (Å²) in [4.78, 5) is 28.4. The number of nitrogens with zero attached hydrogens (tertiary/aromatic N) is 2. The van der Waals surface area contributed by atoms with E-state index in [1.807, 2.05) is 26.0 Å². The normalized spacial score (nSPS) is 15.6. The molecule has 1 aromatic rings. The summed E-state index contributed by atoms with van der Waals surface area (Å²) in [5.74, 6) is 0.0459. The van der Waals surface area contributed by atoms with Crippen LogP contribution < -0.4 is 5.32 Å². The minimum Gasteiger partial charge on any atom is -0.336 e. The Bertz CT molecular complexity index is 496. The van der Waals surface area contributed by atoms with Crippen LogP contribution >= 0.6 is 27.3 Å². The first-order chi connectivity index (χ1) is 9.47. The standard InChI is InChI=1S/C13H18BrN3O2S/c1-9(2)15-13(19)17-7-5-16(6-8-17)12(18)10-3-4-11(14)20-10/h3-4,9H,5-8H2,1-2H3,(H,15,19). The van der Waals surface area contributed by atoms with Gasteiger partial charge in [-0.25, -0.2) is 4.79 Å². The molecular formula is C13H18BrN3O2S. The fraction of sp³-hybridized carbons (Fsp3) is 0.538. The number of amides is 3. The van der Waals surface area contributed by atoms with Gasteiger partial charge in [-0.2, -0.15) is 0 Å². The van der Waals surface area contributed by atoms with Gasteiger partial charge in [0.2, 0.25) is 0 Å². The number of piperazine rings is 1. The first kappa shape index (κ1) is 15.3. The Kier molecular flexibility index (Phi) is 5.04. The number of rotatable bonds is 2. The van der Waals surface area contributed by atoms with Crippen LogP contribution in [0, 0.1) is 0 Å². The van der Waals surface area contributed by atoms with Crippen LogP contribution in [0.25, 0.3) is 0 Å². The van der Waals surface area contributed by atoms with Gasteiger partial charge in [0.1, 0.15) is 0 Å². The molecule has 1 aliphatic heterocycles. The molecule has 0 aromatic carbocycles. The molecule has 2 rings (SSSR count). The van der Waals surface area contributed by atoms with Crippen LogP contribution in [0.3, 0.4) is 0 Å². The first-order valence-electron chi connectivity index (χ1n) is 6.57. The molecule has 0 bridgehead atoms. The van der Waals surface area contributed by atoms with E-state index in [1.165, 1.54) is 11.3 Å². The SMILES string of the molecule is CC(C)NC(=O)N1CCN(C(=O)c2ccc(Br)s2)CC1. The second kappa shape index (κ2) is 6.58. The van der Waals surface area contributed by atoms with Crippen molar-refractivity contribution in [2.75, 3.05) is 26.2 Å². The van der Waals surface area contributed by atoms with Gasteiger partial charge >= 0.3 is 6.03 Å². The monoisotopic (exact) mass is 359 g/mol. The summed E-state index contributed by atoms with van der Waals surface area (Å²) in [5, 5.41) is 2.87. The molecule has 0 unspecified atom stereocenters. The Morgan fingerprint density at radius 3 is 2.30 bits per heavy atom. The van der Waals surface area contributed by atoms with Gasteiger partial charge in [0.25, 0.3) is 5.91 Å². The molecule has 3 amide bonds. The van der Waals surface area contributed by atoms with Crippen molar-refractivity contribution in [1.29, 1.82) is 0 Å². The average Bonchev–Trinajstić information content (AvgIpc) is 2.84. The minimum atomic E-state index is -0.0500. The Morgan fingerprint density at radius 1 is 1.20 bits per heavy atom. The number of carbonyl (C=O) groups is 2. The maximum atomic E-state index is 12.3. The number of thiophene rings is 1. The summed E-state index contributed by atoms with van der Waals surface area (Å²) in [7, 11) is 0. The topological polar surface area (TPSA) is 52.7 Å². The second-order valence-corrected chi connectivity index (χ2v) is 7.45. The Hall–Kier alpha value is -1.08. The zero-order valence-corrected chi connectivity index (χ0v) is 14.0. The van der Waals surface area contributed by atoms with Crippen LogP contribution in [0.4, 0.5) is 4.79 Å². The van der Waals surface area contributed by atoms with Crippen molar-refractivity contribution >= 4 is 39.2 Å². The van der Waals surface area contributed by atoms with Crippen molar-refractivity contribution in [3.8, 4) is 0 Å². The van der Waals surface area contributed by atoms with Crippen LogP contribution in [0.1, 0.15) is 23.5 Å². The molecule has 1 saturated heterocycles. The van der Waals surface area contributed by atoms with Crippen LogP contribution in [0.5, 0.6) is 0 Å². The molecule has 0 saturated carbocycles. The number of halogens is 1. The van der Waals surface area contributed by atoms with E-state index in [0.29, 0.717) is 26.2 Å². The molecular weight excluding hydrogens is 342 g/mol. The van der Waals surface area contributed by atoms with Crippen LogP contribution in [0.15, 0.2) is 15.9 Å². The predicted octanol–water partition coefficient (Wildman–Crippen LogP) is 2.39. The molecule has 1 aliphatic rings. The molecule has 1 aromatic heterocycles. The van der Waals surface area contributed by atoms with Gasteiger partial charge in [0, 0.05) is 32.2 Å². The van der Waals surface area contributed by atoms with E-state index in [2.05, 4.69) is 21.2 Å². The Morgan fingerprint density at radius 2 is 1.80 bits per heavy atom. The molecule has 110 valence electrons. The minimum absolute atomic E-state index is 0.0459. The van der Waals surface area contributed by atoms with Crippen molar-refractivity contribution < 1.29 is 9.59 Å². The molecule has 1 N–H and O–H groups in total. The van der Waals surface area contributed by atoms with Crippen molar-refractivity contribution in [1.82, 2.24) is 15.1 Å². The van der Waals surface area contributed by atoms with Gasteiger partial charge in [0.15, 0.2) is 0 Å². The Balaban J connectivity index is 1.88. The lowest BCUT2D eigenvalue weighted by Gasteiger charge is -2.34. The van der Waals surface area contributed by atoms with E-state index in [4.69, 9.17) is 0 Å². The molecule has 0 spiro atoms. The quantitative estimate of drug-likeness (QED) is 0.881. The molecule has 5 nitrogen and oxygen atoms in total. The van der Waals surface area contributed by atoms with E-state index in [9.17, 15) is 9.59 Å². The molecule has 0 aliphatic carbocycles. The van der Waals surface area contributed by atoms with E-state index in [-0.39, 0.29) is 18.0 Å². The third-order valence-electron chi connectivity index (χ3n) is 3.05. The third-order valence-corrected chi connectivity index (χ3v) is 4.66. The van der Waals surface area contributed by atoms with E-state index in [0.717, 1.165) is 8.66 Å². The number of urea groups is 1. The van der Waals surface area contributed by atoms with Gasteiger partial charge in [-0.3, -0.25) is 4.79 Å². The first-order valence-corrected chi connectivity index (χ1v) is 8.18.